The van der Waals surface area contributed by atoms with Crippen LogP contribution in [0.25, 0.3) is 0 Å². The fraction of sp³-hybridized carbons (Fsp3) is 0.133. The lowest BCUT2D eigenvalue weighted by Crippen LogP contribution is -2.00. The maximum atomic E-state index is 12.0. The average molecular weight is 323 g/mol. The van der Waals surface area contributed by atoms with E-state index in [1.807, 2.05) is 54.6 Å². The summed E-state index contributed by atoms with van der Waals surface area (Å²) in [6.07, 6.45) is 0. The van der Waals surface area contributed by atoms with Crippen molar-refractivity contribution in [1.29, 1.82) is 0 Å². The molecule has 4 heteroatoms. The summed E-state index contributed by atoms with van der Waals surface area (Å²) in [5.41, 5.74) is 1.42. The van der Waals surface area contributed by atoms with E-state index in [1.54, 1.807) is 0 Å². The van der Waals surface area contributed by atoms with Gasteiger partial charge in [0.05, 0.1) is 13.2 Å². The minimum absolute atomic E-state index is 0.0527. The lowest BCUT2D eigenvalue weighted by atomic mass is 10.0. The first kappa shape index (κ1) is 15.6. The Hall–Kier alpha value is -1.49. The van der Waals surface area contributed by atoms with E-state index in [-0.39, 0.29) is 19.0 Å². The number of halogens is 1. The van der Waals surface area contributed by atoms with Crippen molar-refractivity contribution in [3.05, 3.63) is 70.2 Å². The molecule has 100 valence electrons. The predicted molar refractivity (Wildman–Crippen MR) is 78.2 cm³/mol. The van der Waals surface area contributed by atoms with Crippen LogP contribution in [0.15, 0.2) is 59.1 Å². The number of benzene rings is 2. The molecule has 0 aromatic heterocycles. The number of hydrogen-bond donors (Lipinski definition) is 2. The highest BCUT2D eigenvalue weighted by Crippen LogP contribution is 2.15. The summed E-state index contributed by atoms with van der Waals surface area (Å²) in [6.45, 7) is -0.250. The van der Waals surface area contributed by atoms with Crippen molar-refractivity contribution in [2.45, 2.75) is 0 Å². The molecule has 19 heavy (non-hydrogen) atoms. The molecule has 0 bridgehead atoms. The molecule has 0 saturated heterocycles. The van der Waals surface area contributed by atoms with Gasteiger partial charge in [-0.05, 0) is 12.1 Å². The van der Waals surface area contributed by atoms with Gasteiger partial charge in [-0.3, -0.25) is 4.79 Å². The van der Waals surface area contributed by atoms with Crippen LogP contribution >= 0.6 is 15.9 Å². The van der Waals surface area contributed by atoms with Gasteiger partial charge in [-0.25, -0.2) is 0 Å². The van der Waals surface area contributed by atoms with Crippen molar-refractivity contribution in [2.75, 3.05) is 13.2 Å². The first-order valence-electron chi connectivity index (χ1n) is 5.76. The van der Waals surface area contributed by atoms with E-state index in [4.69, 9.17) is 10.2 Å². The van der Waals surface area contributed by atoms with Crippen molar-refractivity contribution in [3.8, 4) is 0 Å². The zero-order valence-corrected chi connectivity index (χ0v) is 11.9. The van der Waals surface area contributed by atoms with Gasteiger partial charge in [-0.1, -0.05) is 58.4 Å². The number of carbonyl (C=O) groups excluding carboxylic acids is 1. The largest absolute Gasteiger partial charge is 0.394 e. The third kappa shape index (κ3) is 5.34. The second-order valence-corrected chi connectivity index (χ2v) is 4.57. The van der Waals surface area contributed by atoms with Crippen LogP contribution in [-0.2, 0) is 0 Å². The van der Waals surface area contributed by atoms with Crippen LogP contribution in [0.4, 0.5) is 0 Å². The third-order valence-electron chi connectivity index (χ3n) is 2.22. The summed E-state index contributed by atoms with van der Waals surface area (Å²) < 4.78 is 0.921. The first-order valence-corrected chi connectivity index (χ1v) is 6.55. The molecular formula is C15H15BrO3. The summed E-state index contributed by atoms with van der Waals surface area (Å²) in [7, 11) is 0. The normalized spacial score (nSPS) is 9.42. The smallest absolute Gasteiger partial charge is 0.193 e. The van der Waals surface area contributed by atoms with Gasteiger partial charge >= 0.3 is 0 Å². The van der Waals surface area contributed by atoms with E-state index in [0.717, 1.165) is 10.0 Å². The Morgan fingerprint density at radius 3 is 2.00 bits per heavy atom. The highest BCUT2D eigenvalue weighted by atomic mass is 79.9. The fourth-order valence-electron chi connectivity index (χ4n) is 1.39. The monoisotopic (exact) mass is 322 g/mol. The van der Waals surface area contributed by atoms with Crippen LogP contribution in [0.5, 0.6) is 0 Å². The van der Waals surface area contributed by atoms with E-state index in [2.05, 4.69) is 15.9 Å². The second kappa shape index (κ2) is 8.58. The second-order valence-electron chi connectivity index (χ2n) is 3.65. The zero-order chi connectivity index (χ0) is 14.1. The molecule has 2 aromatic carbocycles. The summed E-state index contributed by atoms with van der Waals surface area (Å²) >= 11 is 3.35. The van der Waals surface area contributed by atoms with E-state index < -0.39 is 0 Å². The number of hydrogen-bond acceptors (Lipinski definition) is 3. The minimum Gasteiger partial charge on any atom is -0.394 e. The van der Waals surface area contributed by atoms with Gasteiger partial charge in [0.2, 0.25) is 0 Å². The Bertz CT molecular complexity index is 510. The van der Waals surface area contributed by atoms with Crippen LogP contribution in [0.2, 0.25) is 0 Å². The molecule has 0 saturated carbocycles. The quantitative estimate of drug-likeness (QED) is 0.854. The molecule has 0 spiro atoms. The summed E-state index contributed by atoms with van der Waals surface area (Å²) in [6, 6.07) is 16.7. The molecule has 0 unspecified atom stereocenters. The molecule has 0 aliphatic carbocycles. The number of carbonyl (C=O) groups is 1. The number of aliphatic hydroxyl groups is 2. The minimum atomic E-state index is -0.125. The van der Waals surface area contributed by atoms with Gasteiger partial charge in [0.15, 0.2) is 5.78 Å². The van der Waals surface area contributed by atoms with Gasteiger partial charge in [-0.2, -0.15) is 0 Å². The van der Waals surface area contributed by atoms with Crippen LogP contribution in [0.1, 0.15) is 15.9 Å². The Kier molecular flexibility index (Phi) is 7.03. The highest BCUT2D eigenvalue weighted by Gasteiger charge is 2.07. The summed E-state index contributed by atoms with van der Waals surface area (Å²) in [5.74, 6) is 0.0527. The Morgan fingerprint density at radius 2 is 1.47 bits per heavy atom. The van der Waals surface area contributed by atoms with E-state index >= 15 is 0 Å². The molecule has 0 atom stereocenters. The highest BCUT2D eigenvalue weighted by molar-refractivity contribution is 9.10. The Labute approximate surface area is 120 Å². The summed E-state index contributed by atoms with van der Waals surface area (Å²) in [5, 5.41) is 15.2. The fourth-order valence-corrected chi connectivity index (χ4v) is 1.79. The Morgan fingerprint density at radius 1 is 0.895 bits per heavy atom. The molecule has 0 fully saturated rings. The molecule has 0 aliphatic rings. The van der Waals surface area contributed by atoms with E-state index in [1.165, 1.54) is 0 Å². The van der Waals surface area contributed by atoms with Crippen LogP contribution in [0.3, 0.4) is 0 Å². The average Bonchev–Trinajstić information content (AvgIpc) is 2.47. The molecule has 2 N–H and O–H groups in total. The maximum absolute atomic E-state index is 12.0. The van der Waals surface area contributed by atoms with Crippen LogP contribution in [0, 0.1) is 0 Å². The number of aliphatic hydroxyl groups excluding tert-OH is 2. The van der Waals surface area contributed by atoms with E-state index in [9.17, 15) is 4.79 Å². The summed E-state index contributed by atoms with van der Waals surface area (Å²) in [4.78, 5) is 12.0. The first-order chi connectivity index (χ1) is 9.19. The van der Waals surface area contributed by atoms with Gasteiger partial charge < -0.3 is 10.2 Å². The molecular weight excluding hydrogens is 308 g/mol. The molecule has 2 aromatic rings. The topological polar surface area (TPSA) is 57.5 Å². The number of ketones is 1. The van der Waals surface area contributed by atoms with E-state index in [0.29, 0.717) is 5.56 Å². The maximum Gasteiger partial charge on any atom is 0.193 e. The van der Waals surface area contributed by atoms with Gasteiger partial charge in [0, 0.05) is 15.6 Å². The molecule has 2 rings (SSSR count). The van der Waals surface area contributed by atoms with Gasteiger partial charge in [0.25, 0.3) is 0 Å². The van der Waals surface area contributed by atoms with Crippen molar-refractivity contribution in [2.24, 2.45) is 0 Å². The van der Waals surface area contributed by atoms with Crippen LogP contribution in [-0.4, -0.2) is 29.2 Å². The molecule has 0 amide bonds. The zero-order valence-electron chi connectivity index (χ0n) is 10.3. The van der Waals surface area contributed by atoms with Gasteiger partial charge in [-0.15, -0.1) is 0 Å². The lowest BCUT2D eigenvalue weighted by molar-refractivity contribution is 0.103. The molecule has 3 nitrogen and oxygen atoms in total. The molecule has 0 heterocycles. The number of rotatable bonds is 3. The lowest BCUT2D eigenvalue weighted by Gasteiger charge is -2.00. The van der Waals surface area contributed by atoms with Crippen molar-refractivity contribution >= 4 is 21.7 Å². The van der Waals surface area contributed by atoms with Gasteiger partial charge in [0.1, 0.15) is 0 Å². The molecule has 0 radical (unpaired) electrons. The van der Waals surface area contributed by atoms with Crippen LogP contribution < -0.4 is 0 Å². The molecule has 0 aliphatic heterocycles. The van der Waals surface area contributed by atoms with Crippen molar-refractivity contribution in [1.82, 2.24) is 0 Å². The standard InChI is InChI=1S/C13H9BrO.C2H6O2/c14-12-8-4-7-11(9-12)13(15)10-5-2-1-3-6-10;3-1-2-4/h1-9H;3-4H,1-2H2. The van der Waals surface area contributed by atoms with Crippen molar-refractivity contribution in [3.63, 3.8) is 0 Å². The predicted octanol–water partition coefficient (Wildman–Crippen LogP) is 2.65. The third-order valence-corrected chi connectivity index (χ3v) is 2.72. The Balaban J connectivity index is 0.000000399. The SMILES string of the molecule is O=C(c1ccccc1)c1cccc(Br)c1.OCCO. The van der Waals surface area contributed by atoms with Crippen molar-refractivity contribution < 1.29 is 15.0 Å².